The number of carbonyl (C=O) groups is 2. The second kappa shape index (κ2) is 5.78. The lowest BCUT2D eigenvalue weighted by Gasteiger charge is -2.37. The van der Waals surface area contributed by atoms with Crippen LogP contribution in [-0.2, 0) is 17.6 Å². The molecule has 0 bridgehead atoms. The molecule has 5 rings (SSSR count). The highest BCUT2D eigenvalue weighted by Crippen LogP contribution is 2.41. The molecule has 1 spiro atoms. The van der Waals surface area contributed by atoms with E-state index >= 15 is 0 Å². The number of hydrogen-bond donors (Lipinski definition) is 0. The molecule has 1 aliphatic carbocycles. The number of nitrogens with zero attached hydrogens (tertiary/aromatic N) is 4. The lowest BCUT2D eigenvalue weighted by atomic mass is 9.78. The van der Waals surface area contributed by atoms with Gasteiger partial charge in [-0.25, -0.2) is 4.98 Å². The molecule has 7 heteroatoms. The van der Waals surface area contributed by atoms with E-state index in [2.05, 4.69) is 10.1 Å². The van der Waals surface area contributed by atoms with E-state index in [1.807, 2.05) is 23.8 Å². The van der Waals surface area contributed by atoms with Crippen LogP contribution in [0.2, 0.25) is 0 Å². The minimum atomic E-state index is -0.401. The summed E-state index contributed by atoms with van der Waals surface area (Å²) in [6, 6.07) is 0. The predicted octanol–water partition coefficient (Wildman–Crippen LogP) is 2.10. The Balaban J connectivity index is 1.54. The largest absolute Gasteiger partial charge is 0.345 e. The van der Waals surface area contributed by atoms with Gasteiger partial charge in [0, 0.05) is 32.4 Å². The molecule has 142 valence electrons. The fourth-order valence-corrected chi connectivity index (χ4v) is 5.20. The molecule has 7 nitrogen and oxygen atoms in total. The molecule has 1 atom stereocenters. The number of aryl methyl sites for hydroxylation is 2. The minimum absolute atomic E-state index is 0.00440. The number of pyridine rings is 1. The van der Waals surface area contributed by atoms with Crippen LogP contribution < -0.4 is 0 Å². The first-order valence-corrected chi connectivity index (χ1v) is 9.83. The third kappa shape index (κ3) is 2.33. The van der Waals surface area contributed by atoms with Crippen molar-refractivity contribution in [3.8, 4) is 0 Å². The number of carbonyl (C=O) groups excluding carboxylic acids is 2. The Morgan fingerprint density at radius 2 is 2.04 bits per heavy atom. The van der Waals surface area contributed by atoms with E-state index in [9.17, 15) is 9.59 Å². The first kappa shape index (κ1) is 16.7. The standard InChI is InChI=1S/C20H24N4O3/c1-12-15-16(13-5-3-6-14(13)21-17(15)27-22-12)18(25)24-10-8-20(11-24)7-4-9-23(2)19(20)26/h3-11H2,1-2H3. The van der Waals surface area contributed by atoms with Crippen LogP contribution in [0.5, 0.6) is 0 Å². The van der Waals surface area contributed by atoms with Crippen molar-refractivity contribution in [2.75, 3.05) is 26.7 Å². The van der Waals surface area contributed by atoms with Gasteiger partial charge in [-0.15, -0.1) is 0 Å². The summed E-state index contributed by atoms with van der Waals surface area (Å²) in [6.07, 6.45) is 5.37. The summed E-state index contributed by atoms with van der Waals surface area (Å²) in [5.74, 6) is 0.195. The molecule has 0 radical (unpaired) electrons. The number of likely N-dealkylation sites (tertiary alicyclic amines) is 2. The molecule has 0 saturated carbocycles. The Morgan fingerprint density at radius 3 is 2.89 bits per heavy atom. The number of rotatable bonds is 1. The zero-order chi connectivity index (χ0) is 18.8. The molecule has 2 saturated heterocycles. The maximum atomic E-state index is 13.6. The van der Waals surface area contributed by atoms with Crippen molar-refractivity contribution in [1.29, 1.82) is 0 Å². The monoisotopic (exact) mass is 368 g/mol. The third-order valence-corrected chi connectivity index (χ3v) is 6.63. The van der Waals surface area contributed by atoms with Crippen LogP contribution in [0, 0.1) is 12.3 Å². The number of aromatic nitrogens is 2. The van der Waals surface area contributed by atoms with Gasteiger partial charge in [0.2, 0.25) is 5.91 Å². The summed E-state index contributed by atoms with van der Waals surface area (Å²) >= 11 is 0. The van der Waals surface area contributed by atoms with Crippen molar-refractivity contribution in [2.24, 2.45) is 5.41 Å². The highest BCUT2D eigenvalue weighted by atomic mass is 16.5. The SMILES string of the molecule is Cc1noc2nc3c(c(C(=O)N4CCC5(CCCN(C)C5=O)C4)c12)CCC3. The molecule has 2 amide bonds. The smallest absolute Gasteiger partial charge is 0.259 e. The molecule has 2 aliphatic heterocycles. The van der Waals surface area contributed by atoms with Crippen molar-refractivity contribution in [3.63, 3.8) is 0 Å². The normalized spacial score (nSPS) is 25.0. The van der Waals surface area contributed by atoms with Gasteiger partial charge in [-0.3, -0.25) is 9.59 Å². The van der Waals surface area contributed by atoms with Crippen molar-refractivity contribution >= 4 is 22.9 Å². The van der Waals surface area contributed by atoms with Crippen LogP contribution in [0.3, 0.4) is 0 Å². The van der Waals surface area contributed by atoms with Gasteiger partial charge in [-0.1, -0.05) is 5.16 Å². The Hall–Kier alpha value is -2.44. The van der Waals surface area contributed by atoms with Gasteiger partial charge in [0.25, 0.3) is 11.6 Å². The Bertz CT molecular complexity index is 966. The second-order valence-electron chi connectivity index (χ2n) is 8.30. The maximum Gasteiger partial charge on any atom is 0.259 e. The highest BCUT2D eigenvalue weighted by Gasteiger charge is 2.49. The zero-order valence-corrected chi connectivity index (χ0v) is 15.9. The van der Waals surface area contributed by atoms with E-state index in [0.29, 0.717) is 30.1 Å². The first-order chi connectivity index (χ1) is 13.0. The summed E-state index contributed by atoms with van der Waals surface area (Å²) < 4.78 is 5.38. The van der Waals surface area contributed by atoms with Crippen molar-refractivity contribution < 1.29 is 14.1 Å². The molecule has 4 heterocycles. The third-order valence-electron chi connectivity index (χ3n) is 6.63. The van der Waals surface area contributed by atoms with Crippen LogP contribution in [-0.4, -0.2) is 58.4 Å². The van der Waals surface area contributed by atoms with Gasteiger partial charge in [0.15, 0.2) is 0 Å². The fraction of sp³-hybridized carbons (Fsp3) is 0.600. The van der Waals surface area contributed by atoms with Crippen LogP contribution >= 0.6 is 0 Å². The molecule has 27 heavy (non-hydrogen) atoms. The predicted molar refractivity (Wildman–Crippen MR) is 98.4 cm³/mol. The fourth-order valence-electron chi connectivity index (χ4n) is 5.20. The van der Waals surface area contributed by atoms with Gasteiger partial charge >= 0.3 is 0 Å². The molecule has 1 unspecified atom stereocenters. The molecular weight excluding hydrogens is 344 g/mol. The van der Waals surface area contributed by atoms with E-state index < -0.39 is 5.41 Å². The van der Waals surface area contributed by atoms with Crippen molar-refractivity contribution in [2.45, 2.75) is 45.4 Å². The average molecular weight is 368 g/mol. The number of hydrogen-bond acceptors (Lipinski definition) is 5. The van der Waals surface area contributed by atoms with Crippen molar-refractivity contribution in [3.05, 3.63) is 22.5 Å². The Kier molecular flexibility index (Phi) is 3.58. The second-order valence-corrected chi connectivity index (χ2v) is 8.30. The number of fused-ring (bicyclic) bond motifs is 2. The van der Waals surface area contributed by atoms with Gasteiger partial charge < -0.3 is 14.3 Å². The van der Waals surface area contributed by atoms with Crippen LogP contribution in [0.25, 0.3) is 11.1 Å². The summed E-state index contributed by atoms with van der Waals surface area (Å²) in [7, 11) is 1.87. The lowest BCUT2D eigenvalue weighted by Crippen LogP contribution is -2.48. The highest BCUT2D eigenvalue weighted by molar-refractivity contribution is 6.08. The molecule has 2 fully saturated rings. The Labute approximate surface area is 157 Å². The van der Waals surface area contributed by atoms with Crippen LogP contribution in [0.15, 0.2) is 4.52 Å². The lowest BCUT2D eigenvalue weighted by molar-refractivity contribution is -0.143. The topological polar surface area (TPSA) is 79.5 Å². The van der Waals surface area contributed by atoms with Crippen LogP contribution in [0.1, 0.15) is 53.0 Å². The molecule has 0 aromatic carbocycles. The molecular formula is C20H24N4O3. The zero-order valence-electron chi connectivity index (χ0n) is 15.9. The number of piperidine rings is 1. The van der Waals surface area contributed by atoms with Gasteiger partial charge in [0.05, 0.1) is 22.1 Å². The average Bonchev–Trinajstić information content (AvgIpc) is 3.37. The van der Waals surface area contributed by atoms with Crippen molar-refractivity contribution in [1.82, 2.24) is 19.9 Å². The van der Waals surface area contributed by atoms with E-state index in [4.69, 9.17) is 4.52 Å². The quantitative estimate of drug-likeness (QED) is 0.770. The van der Waals surface area contributed by atoms with Gasteiger partial charge in [-0.2, -0.15) is 0 Å². The van der Waals surface area contributed by atoms with Gasteiger partial charge in [-0.05, 0) is 51.0 Å². The van der Waals surface area contributed by atoms with E-state index in [1.165, 1.54) is 0 Å². The molecule has 2 aromatic heterocycles. The summed E-state index contributed by atoms with van der Waals surface area (Å²) in [5.41, 5.74) is 3.48. The summed E-state index contributed by atoms with van der Waals surface area (Å²) in [4.78, 5) is 34.7. The summed E-state index contributed by atoms with van der Waals surface area (Å²) in [6.45, 7) is 3.81. The molecule has 2 aromatic rings. The molecule has 3 aliphatic rings. The summed E-state index contributed by atoms with van der Waals surface area (Å²) in [5, 5.41) is 4.79. The molecule has 0 N–H and O–H groups in total. The number of amides is 2. The first-order valence-electron chi connectivity index (χ1n) is 9.83. The van der Waals surface area contributed by atoms with E-state index in [0.717, 1.165) is 61.7 Å². The van der Waals surface area contributed by atoms with E-state index in [1.54, 1.807) is 0 Å². The van der Waals surface area contributed by atoms with Gasteiger partial charge in [0.1, 0.15) is 0 Å². The van der Waals surface area contributed by atoms with E-state index in [-0.39, 0.29) is 11.8 Å². The minimum Gasteiger partial charge on any atom is -0.345 e. The Morgan fingerprint density at radius 1 is 1.19 bits per heavy atom. The van der Waals surface area contributed by atoms with Crippen LogP contribution in [0.4, 0.5) is 0 Å². The maximum absolute atomic E-state index is 13.6.